The van der Waals surface area contributed by atoms with E-state index in [2.05, 4.69) is 4.90 Å². The van der Waals surface area contributed by atoms with Crippen LogP contribution in [0.2, 0.25) is 0 Å². The summed E-state index contributed by atoms with van der Waals surface area (Å²) in [6.07, 6.45) is 2.15. The zero-order chi connectivity index (χ0) is 11.5. The summed E-state index contributed by atoms with van der Waals surface area (Å²) in [5.74, 6) is -0.864. The van der Waals surface area contributed by atoms with E-state index in [4.69, 9.17) is 5.11 Å². The van der Waals surface area contributed by atoms with Crippen molar-refractivity contribution in [1.29, 1.82) is 0 Å². The number of likely N-dealkylation sites (tertiary alicyclic amines) is 1. The zero-order valence-electron chi connectivity index (χ0n) is 8.93. The van der Waals surface area contributed by atoms with Crippen LogP contribution in [-0.2, 0) is 6.54 Å². The van der Waals surface area contributed by atoms with Gasteiger partial charge in [0.05, 0.1) is 6.61 Å². The van der Waals surface area contributed by atoms with E-state index in [1.165, 1.54) is 11.3 Å². The summed E-state index contributed by atoms with van der Waals surface area (Å²) in [5, 5.41) is 18.0. The average molecular weight is 241 g/mol. The second kappa shape index (κ2) is 4.95. The standard InChI is InChI=1S/C11H15NO3S/c13-7-8-2-1-5-12(8)6-9-3-4-10(16-9)11(14)15/h3-4,8,13H,1-2,5-7H2,(H,14,15). The van der Waals surface area contributed by atoms with Crippen LogP contribution in [0.5, 0.6) is 0 Å². The van der Waals surface area contributed by atoms with E-state index in [0.717, 1.165) is 30.8 Å². The number of carboxylic acid groups (broad SMARTS) is 1. The predicted molar refractivity (Wildman–Crippen MR) is 61.8 cm³/mol. The summed E-state index contributed by atoms with van der Waals surface area (Å²) in [6, 6.07) is 3.75. The second-order valence-electron chi connectivity index (χ2n) is 4.02. The minimum absolute atomic E-state index is 0.192. The molecule has 4 nitrogen and oxygen atoms in total. The first-order valence-corrected chi connectivity index (χ1v) is 6.19. The molecule has 1 aromatic rings. The lowest BCUT2D eigenvalue weighted by Crippen LogP contribution is -2.31. The summed E-state index contributed by atoms with van der Waals surface area (Å²) in [4.78, 5) is 14.4. The van der Waals surface area contributed by atoms with Crippen molar-refractivity contribution in [2.45, 2.75) is 25.4 Å². The number of carbonyl (C=O) groups is 1. The highest BCUT2D eigenvalue weighted by molar-refractivity contribution is 7.13. The number of hydrogen-bond acceptors (Lipinski definition) is 4. The molecule has 1 unspecified atom stereocenters. The summed E-state index contributed by atoms with van der Waals surface area (Å²) in [5.41, 5.74) is 0. The fourth-order valence-electron chi connectivity index (χ4n) is 2.09. The highest BCUT2D eigenvalue weighted by atomic mass is 32.1. The molecule has 1 aromatic heterocycles. The van der Waals surface area contributed by atoms with Crippen molar-refractivity contribution in [3.63, 3.8) is 0 Å². The second-order valence-corrected chi connectivity index (χ2v) is 5.19. The largest absolute Gasteiger partial charge is 0.477 e. The van der Waals surface area contributed by atoms with E-state index >= 15 is 0 Å². The molecule has 0 spiro atoms. The van der Waals surface area contributed by atoms with Crippen LogP contribution in [0.25, 0.3) is 0 Å². The van der Waals surface area contributed by atoms with Gasteiger partial charge in [0.2, 0.25) is 0 Å². The van der Waals surface area contributed by atoms with E-state index in [1.54, 1.807) is 6.07 Å². The SMILES string of the molecule is O=C(O)c1ccc(CN2CCCC2CO)s1. The topological polar surface area (TPSA) is 60.8 Å². The molecule has 0 aromatic carbocycles. The van der Waals surface area contributed by atoms with Gasteiger partial charge in [0, 0.05) is 17.5 Å². The average Bonchev–Trinajstić information content (AvgIpc) is 2.87. The van der Waals surface area contributed by atoms with Gasteiger partial charge >= 0.3 is 5.97 Å². The molecule has 0 saturated carbocycles. The van der Waals surface area contributed by atoms with Gasteiger partial charge < -0.3 is 10.2 Å². The fourth-order valence-corrected chi connectivity index (χ4v) is 2.96. The Bertz CT molecular complexity index is 377. The molecule has 1 aliphatic rings. The van der Waals surface area contributed by atoms with Gasteiger partial charge in [-0.25, -0.2) is 4.79 Å². The maximum absolute atomic E-state index is 10.7. The number of thiophene rings is 1. The van der Waals surface area contributed by atoms with Crippen molar-refractivity contribution in [2.24, 2.45) is 0 Å². The van der Waals surface area contributed by atoms with Gasteiger partial charge in [-0.05, 0) is 31.5 Å². The number of hydrogen-bond donors (Lipinski definition) is 2. The van der Waals surface area contributed by atoms with Crippen LogP contribution < -0.4 is 0 Å². The predicted octanol–water partition coefficient (Wildman–Crippen LogP) is 1.40. The van der Waals surface area contributed by atoms with Crippen molar-refractivity contribution < 1.29 is 15.0 Å². The Balaban J connectivity index is 2.00. The van der Waals surface area contributed by atoms with Crippen molar-refractivity contribution in [1.82, 2.24) is 4.90 Å². The minimum Gasteiger partial charge on any atom is -0.477 e. The smallest absolute Gasteiger partial charge is 0.345 e. The van der Waals surface area contributed by atoms with Crippen LogP contribution in [-0.4, -0.2) is 40.3 Å². The first-order valence-electron chi connectivity index (χ1n) is 5.37. The molecule has 0 aliphatic carbocycles. The van der Waals surface area contributed by atoms with Gasteiger partial charge in [-0.3, -0.25) is 4.90 Å². The van der Waals surface area contributed by atoms with Gasteiger partial charge in [-0.1, -0.05) is 0 Å². The monoisotopic (exact) mass is 241 g/mol. The third kappa shape index (κ3) is 2.42. The van der Waals surface area contributed by atoms with Gasteiger partial charge in [0.15, 0.2) is 0 Å². The molecule has 2 rings (SSSR count). The zero-order valence-corrected chi connectivity index (χ0v) is 9.74. The first-order chi connectivity index (χ1) is 7.70. The van der Waals surface area contributed by atoms with Gasteiger partial charge in [0.1, 0.15) is 4.88 Å². The van der Waals surface area contributed by atoms with Gasteiger partial charge in [-0.15, -0.1) is 11.3 Å². The molecule has 16 heavy (non-hydrogen) atoms. The molecule has 2 N–H and O–H groups in total. The Morgan fingerprint density at radius 2 is 2.38 bits per heavy atom. The normalized spacial score (nSPS) is 21.4. The molecule has 1 fully saturated rings. The van der Waals surface area contributed by atoms with Gasteiger partial charge in [0.25, 0.3) is 0 Å². The number of nitrogens with zero attached hydrogens (tertiary/aromatic N) is 1. The van der Waals surface area contributed by atoms with Crippen LogP contribution in [0.15, 0.2) is 12.1 Å². The Labute approximate surface area is 98.1 Å². The Kier molecular flexibility index (Phi) is 3.58. The number of aliphatic hydroxyl groups excluding tert-OH is 1. The highest BCUT2D eigenvalue weighted by Crippen LogP contribution is 2.23. The van der Waals surface area contributed by atoms with E-state index in [1.807, 2.05) is 6.07 Å². The highest BCUT2D eigenvalue weighted by Gasteiger charge is 2.24. The Morgan fingerprint density at radius 1 is 1.56 bits per heavy atom. The molecule has 0 bridgehead atoms. The van der Waals surface area contributed by atoms with E-state index < -0.39 is 5.97 Å². The summed E-state index contributed by atoms with van der Waals surface area (Å²) < 4.78 is 0. The summed E-state index contributed by atoms with van der Waals surface area (Å²) in [7, 11) is 0. The quantitative estimate of drug-likeness (QED) is 0.836. The fraction of sp³-hybridized carbons (Fsp3) is 0.545. The molecule has 0 radical (unpaired) electrons. The number of carboxylic acids is 1. The lowest BCUT2D eigenvalue weighted by Gasteiger charge is -2.21. The molecular formula is C11H15NO3S. The van der Waals surface area contributed by atoms with Crippen LogP contribution in [0, 0.1) is 0 Å². The van der Waals surface area contributed by atoms with Crippen LogP contribution >= 0.6 is 11.3 Å². The van der Waals surface area contributed by atoms with E-state index in [0.29, 0.717) is 4.88 Å². The van der Waals surface area contributed by atoms with Crippen LogP contribution in [0.4, 0.5) is 0 Å². The molecule has 88 valence electrons. The molecule has 1 saturated heterocycles. The summed E-state index contributed by atoms with van der Waals surface area (Å²) in [6.45, 7) is 1.94. The molecule has 1 atom stereocenters. The van der Waals surface area contributed by atoms with E-state index in [-0.39, 0.29) is 12.6 Å². The summed E-state index contributed by atoms with van der Waals surface area (Å²) >= 11 is 1.32. The molecule has 2 heterocycles. The lowest BCUT2D eigenvalue weighted by molar-refractivity contribution is 0.0702. The Hall–Kier alpha value is -0.910. The van der Waals surface area contributed by atoms with Gasteiger partial charge in [-0.2, -0.15) is 0 Å². The number of aliphatic hydroxyl groups is 1. The van der Waals surface area contributed by atoms with Crippen LogP contribution in [0.3, 0.4) is 0 Å². The maximum Gasteiger partial charge on any atom is 0.345 e. The van der Waals surface area contributed by atoms with Crippen molar-refractivity contribution >= 4 is 17.3 Å². The molecule has 0 amide bonds. The first kappa shape index (κ1) is 11.6. The minimum atomic E-state index is -0.864. The van der Waals surface area contributed by atoms with Crippen molar-refractivity contribution in [3.05, 3.63) is 21.9 Å². The van der Waals surface area contributed by atoms with Crippen molar-refractivity contribution in [3.8, 4) is 0 Å². The lowest BCUT2D eigenvalue weighted by atomic mass is 10.2. The molecule has 1 aliphatic heterocycles. The van der Waals surface area contributed by atoms with Crippen molar-refractivity contribution in [2.75, 3.05) is 13.2 Å². The maximum atomic E-state index is 10.7. The number of aromatic carboxylic acids is 1. The molecule has 5 heteroatoms. The van der Waals surface area contributed by atoms with Crippen LogP contribution in [0.1, 0.15) is 27.4 Å². The Morgan fingerprint density at radius 3 is 3.00 bits per heavy atom. The van der Waals surface area contributed by atoms with E-state index in [9.17, 15) is 9.90 Å². The third-order valence-electron chi connectivity index (χ3n) is 2.94. The number of rotatable bonds is 4. The third-order valence-corrected chi connectivity index (χ3v) is 4.00. The molecular weight excluding hydrogens is 226 g/mol.